The van der Waals surface area contributed by atoms with Crippen molar-refractivity contribution in [3.8, 4) is 10.6 Å². The van der Waals surface area contributed by atoms with Gasteiger partial charge in [-0.05, 0) is 12.1 Å². The van der Waals surface area contributed by atoms with Gasteiger partial charge >= 0.3 is 18.9 Å². The van der Waals surface area contributed by atoms with Crippen LogP contribution in [0.15, 0.2) is 18.2 Å². The second-order valence-electron chi connectivity index (χ2n) is 2.82. The molecule has 1 aromatic heterocycles. The molecule has 1 aromatic carbocycles. The first kappa shape index (κ1) is 13.8. The first-order valence-electron chi connectivity index (χ1n) is 4.08. The predicted molar refractivity (Wildman–Crippen MR) is 49.6 cm³/mol. The van der Waals surface area contributed by atoms with Crippen LogP contribution in [0.25, 0.3) is 10.6 Å². The third-order valence-electron chi connectivity index (χ3n) is 1.76. The largest absolute Gasteiger partial charge is 1.00 e. The summed E-state index contributed by atoms with van der Waals surface area (Å²) in [6.07, 6.45) is 0. The van der Waals surface area contributed by atoms with Crippen molar-refractivity contribution in [2.75, 3.05) is 0 Å². The molecule has 0 aliphatic rings. The molecule has 0 amide bonds. The van der Waals surface area contributed by atoms with Crippen LogP contribution in [0, 0.1) is 11.6 Å². The molecule has 8 heteroatoms. The van der Waals surface area contributed by atoms with Crippen molar-refractivity contribution in [3.05, 3.63) is 34.8 Å². The fourth-order valence-electron chi connectivity index (χ4n) is 1.08. The maximum absolute atomic E-state index is 13.3. The van der Waals surface area contributed by atoms with Gasteiger partial charge in [-0.15, -0.1) is 10.2 Å². The number of carboxylic acid groups (broad SMARTS) is 1. The number of carbonyl (C=O) groups excluding carboxylic acids is 1. The zero-order chi connectivity index (χ0) is 11.7. The Morgan fingerprint density at radius 1 is 1.29 bits per heavy atom. The fraction of sp³-hybridized carbons (Fsp3) is 0. The molecule has 0 saturated carbocycles. The van der Waals surface area contributed by atoms with Gasteiger partial charge in [-0.2, -0.15) is 0 Å². The summed E-state index contributed by atoms with van der Waals surface area (Å²) < 4.78 is 25.9. The quantitative estimate of drug-likeness (QED) is 0.568. The average molecular weight is 248 g/mol. The summed E-state index contributed by atoms with van der Waals surface area (Å²) in [5.74, 6) is -3.02. The summed E-state index contributed by atoms with van der Waals surface area (Å²) in [4.78, 5) is 10.4. The summed E-state index contributed by atoms with van der Waals surface area (Å²) in [6.45, 7) is 0. The summed E-state index contributed by atoms with van der Waals surface area (Å²) in [5, 5.41) is 16.9. The van der Waals surface area contributed by atoms with Gasteiger partial charge in [-0.25, -0.2) is 8.78 Å². The van der Waals surface area contributed by atoms with E-state index in [2.05, 4.69) is 10.2 Å². The van der Waals surface area contributed by atoms with E-state index in [4.69, 9.17) is 0 Å². The third kappa shape index (κ3) is 2.88. The minimum absolute atomic E-state index is 0. The summed E-state index contributed by atoms with van der Waals surface area (Å²) in [5.41, 5.74) is 0.00593. The number of halogens is 2. The van der Waals surface area contributed by atoms with E-state index in [1.54, 1.807) is 0 Å². The van der Waals surface area contributed by atoms with E-state index in [1.165, 1.54) is 6.07 Å². The van der Waals surface area contributed by atoms with E-state index in [0.717, 1.165) is 6.07 Å². The molecule has 0 aliphatic heterocycles. The molecule has 2 rings (SSSR count). The SMILES string of the molecule is O=C([O-])c1nnc(-c2ccc(F)cc2F)s1.[Li+]. The summed E-state index contributed by atoms with van der Waals surface area (Å²) in [7, 11) is 0. The Hall–Kier alpha value is -1.29. The standard InChI is InChI=1S/C9H4F2N2O2S.Li/c10-4-1-2-5(6(11)3-4)7-12-13-8(16-7)9(14)15;/h1-3H,(H,14,15);/q;+1/p-1. The number of aromatic carboxylic acids is 1. The Morgan fingerprint density at radius 2 is 2.00 bits per heavy atom. The van der Waals surface area contributed by atoms with Gasteiger partial charge in [0.05, 0.1) is 0 Å². The van der Waals surface area contributed by atoms with Gasteiger partial charge in [0.2, 0.25) is 0 Å². The van der Waals surface area contributed by atoms with E-state index in [0.29, 0.717) is 17.4 Å². The average Bonchev–Trinajstić information content (AvgIpc) is 2.66. The molecule has 17 heavy (non-hydrogen) atoms. The zero-order valence-electron chi connectivity index (χ0n) is 8.61. The maximum Gasteiger partial charge on any atom is 1.00 e. The summed E-state index contributed by atoms with van der Waals surface area (Å²) >= 11 is 0.667. The van der Waals surface area contributed by atoms with Gasteiger partial charge in [0.1, 0.15) is 17.6 Å². The van der Waals surface area contributed by atoms with Crippen LogP contribution in [0.4, 0.5) is 8.78 Å². The molecule has 82 valence electrons. The minimum atomic E-state index is -1.48. The monoisotopic (exact) mass is 248 g/mol. The van der Waals surface area contributed by atoms with E-state index in [-0.39, 0.29) is 34.4 Å². The molecular weight excluding hydrogens is 245 g/mol. The smallest absolute Gasteiger partial charge is 0.542 e. The van der Waals surface area contributed by atoms with Crippen molar-refractivity contribution in [2.45, 2.75) is 0 Å². The number of nitrogens with zero attached hydrogens (tertiary/aromatic N) is 2. The van der Waals surface area contributed by atoms with Gasteiger partial charge < -0.3 is 9.90 Å². The third-order valence-corrected chi connectivity index (χ3v) is 2.70. The van der Waals surface area contributed by atoms with Crippen LogP contribution in [0.1, 0.15) is 9.80 Å². The number of carboxylic acids is 1. The number of benzene rings is 1. The molecular formula is C9H3F2LiN2O2S. The first-order chi connectivity index (χ1) is 7.58. The van der Waals surface area contributed by atoms with E-state index < -0.39 is 17.6 Å². The number of hydrogen-bond donors (Lipinski definition) is 0. The Kier molecular flexibility index (Phi) is 4.34. The van der Waals surface area contributed by atoms with Crippen molar-refractivity contribution in [1.82, 2.24) is 10.2 Å². The van der Waals surface area contributed by atoms with Gasteiger partial charge in [-0.1, -0.05) is 11.3 Å². The maximum atomic E-state index is 13.3. The molecule has 2 aromatic rings. The zero-order valence-corrected chi connectivity index (χ0v) is 9.42. The van der Waals surface area contributed by atoms with Crippen LogP contribution in [0.5, 0.6) is 0 Å². The van der Waals surface area contributed by atoms with Crippen LogP contribution in [-0.2, 0) is 0 Å². The Balaban J connectivity index is 0.00000144. The second-order valence-corrected chi connectivity index (χ2v) is 3.80. The molecule has 0 atom stereocenters. The van der Waals surface area contributed by atoms with Crippen LogP contribution in [0.3, 0.4) is 0 Å². The molecule has 0 N–H and O–H groups in total. The van der Waals surface area contributed by atoms with Gasteiger partial charge in [0.25, 0.3) is 0 Å². The predicted octanol–water partition coefficient (Wildman–Crippen LogP) is -2.15. The molecule has 0 fully saturated rings. The van der Waals surface area contributed by atoms with Crippen LogP contribution in [-0.4, -0.2) is 16.2 Å². The van der Waals surface area contributed by atoms with Crippen LogP contribution in [0.2, 0.25) is 0 Å². The molecule has 0 spiro atoms. The van der Waals surface area contributed by atoms with Gasteiger partial charge in [0.15, 0.2) is 10.0 Å². The normalized spacial score (nSPS) is 9.76. The van der Waals surface area contributed by atoms with E-state index in [1.807, 2.05) is 0 Å². The van der Waals surface area contributed by atoms with Crippen LogP contribution < -0.4 is 24.0 Å². The number of rotatable bonds is 2. The van der Waals surface area contributed by atoms with Crippen molar-refractivity contribution in [2.24, 2.45) is 0 Å². The molecule has 0 unspecified atom stereocenters. The Morgan fingerprint density at radius 3 is 2.53 bits per heavy atom. The Bertz CT molecular complexity index is 562. The van der Waals surface area contributed by atoms with Gasteiger partial charge in [-0.3, -0.25) is 0 Å². The molecule has 1 heterocycles. The topological polar surface area (TPSA) is 65.9 Å². The Labute approximate surface area is 110 Å². The van der Waals surface area contributed by atoms with Crippen LogP contribution >= 0.6 is 11.3 Å². The molecule has 4 nitrogen and oxygen atoms in total. The van der Waals surface area contributed by atoms with Crippen molar-refractivity contribution < 1.29 is 37.5 Å². The van der Waals surface area contributed by atoms with Gasteiger partial charge in [0, 0.05) is 11.6 Å². The summed E-state index contributed by atoms with van der Waals surface area (Å²) in [6, 6.07) is 2.91. The first-order valence-corrected chi connectivity index (χ1v) is 4.90. The van der Waals surface area contributed by atoms with E-state index >= 15 is 0 Å². The molecule has 0 radical (unpaired) electrons. The fourth-order valence-corrected chi connectivity index (χ4v) is 1.78. The molecule has 0 bridgehead atoms. The molecule has 0 saturated heterocycles. The van der Waals surface area contributed by atoms with Crippen molar-refractivity contribution in [1.29, 1.82) is 0 Å². The molecule has 0 aliphatic carbocycles. The number of aromatic nitrogens is 2. The van der Waals surface area contributed by atoms with Crippen molar-refractivity contribution >= 4 is 17.3 Å². The van der Waals surface area contributed by atoms with E-state index in [9.17, 15) is 18.7 Å². The minimum Gasteiger partial charge on any atom is -0.542 e. The number of carbonyl (C=O) groups is 1. The number of hydrogen-bond acceptors (Lipinski definition) is 5. The van der Waals surface area contributed by atoms with Crippen molar-refractivity contribution in [3.63, 3.8) is 0 Å². The second kappa shape index (κ2) is 5.36.